The number of nitrogens with zero attached hydrogens (tertiary/aromatic N) is 2. The van der Waals surface area contributed by atoms with Crippen molar-refractivity contribution in [1.29, 1.82) is 0 Å². The normalized spacial score (nSPS) is 12.4. The fourth-order valence-electron chi connectivity index (χ4n) is 10.0. The number of para-hydroxylation sites is 2. The molecule has 0 atom stereocenters. The zero-order chi connectivity index (χ0) is 43.6. The van der Waals surface area contributed by atoms with Crippen molar-refractivity contribution in [2.75, 3.05) is 4.90 Å². The van der Waals surface area contributed by atoms with Gasteiger partial charge in [-0.05, 0) is 96.5 Å². The number of rotatable bonds is 7. The van der Waals surface area contributed by atoms with Gasteiger partial charge in [-0.15, -0.1) is 0 Å². The molecule has 64 heavy (non-hydrogen) atoms. The molecule has 4 nitrogen and oxygen atoms in total. The van der Waals surface area contributed by atoms with Crippen molar-refractivity contribution in [2.45, 2.75) is 27.7 Å². The highest BCUT2D eigenvalue weighted by Crippen LogP contribution is 2.48. The molecule has 0 fully saturated rings. The summed E-state index contributed by atoms with van der Waals surface area (Å²) in [6.07, 6.45) is 0. The predicted octanol–water partition coefficient (Wildman–Crippen LogP) is 15.2. The molecule has 1 aromatic heterocycles. The maximum Gasteiger partial charge on any atom is 0.268 e. The molecule has 0 bridgehead atoms. The molecule has 4 heteroatoms. The number of hydrogen-bond acceptors (Lipinski definition) is 2. The average molecular weight is 825 g/mol. The van der Waals surface area contributed by atoms with Gasteiger partial charge in [0, 0.05) is 33.0 Å². The van der Waals surface area contributed by atoms with Gasteiger partial charge < -0.3 is 4.57 Å². The second-order valence-corrected chi connectivity index (χ2v) is 17.0. The molecule has 306 valence electrons. The van der Waals surface area contributed by atoms with E-state index in [0.717, 1.165) is 88.6 Å². The predicted molar refractivity (Wildman–Crippen MR) is 264 cm³/mol. The number of aromatic nitrogens is 1. The van der Waals surface area contributed by atoms with Crippen LogP contribution in [-0.4, -0.2) is 16.4 Å². The van der Waals surface area contributed by atoms with Gasteiger partial charge in [0.05, 0.1) is 33.5 Å². The Morgan fingerprint density at radius 1 is 0.344 bits per heavy atom. The first kappa shape index (κ1) is 38.8. The van der Waals surface area contributed by atoms with Gasteiger partial charge in [0.15, 0.2) is 0 Å². The van der Waals surface area contributed by atoms with Gasteiger partial charge >= 0.3 is 0 Å². The molecular formula is C60H44N2O2. The lowest BCUT2D eigenvalue weighted by Gasteiger charge is -2.24. The maximum atomic E-state index is 15.9. The highest BCUT2D eigenvalue weighted by molar-refractivity contribution is 6.37. The quantitative estimate of drug-likeness (QED) is 0.150. The van der Waals surface area contributed by atoms with Crippen LogP contribution in [0.4, 0.5) is 5.69 Å². The zero-order valence-corrected chi connectivity index (χ0v) is 36.2. The number of fused-ring (bicyclic) bond motifs is 4. The standard InChI is InChI=1S/C60H44N2O2/c1-37-29-31-45(39(3)33-37)47-23-14-25-49-50-26-15-24-48(46-32-30-38(2)34-40(46)4)57(50)61(56(47)49)54-28-16-27-51-55(54)60(64)62(59(51)63)58-52(42-19-10-6-11-20-42)35-44(41-17-8-5-9-18-41)36-53(58)43-21-12-7-13-22-43/h5-36H,1-4H3. The molecule has 2 amide bonds. The summed E-state index contributed by atoms with van der Waals surface area (Å²) in [5, 5.41) is 2.14. The highest BCUT2D eigenvalue weighted by Gasteiger charge is 2.42. The number of carbonyl (C=O) groups is 2. The van der Waals surface area contributed by atoms with E-state index in [9.17, 15) is 0 Å². The van der Waals surface area contributed by atoms with E-state index in [2.05, 4.69) is 129 Å². The van der Waals surface area contributed by atoms with Crippen molar-refractivity contribution < 1.29 is 9.59 Å². The van der Waals surface area contributed by atoms with E-state index in [1.807, 2.05) is 97.1 Å². The molecule has 0 saturated heterocycles. The summed E-state index contributed by atoms with van der Waals surface area (Å²) in [5.41, 5.74) is 18.4. The first-order valence-electron chi connectivity index (χ1n) is 21.8. The summed E-state index contributed by atoms with van der Waals surface area (Å²) in [5.74, 6) is -0.714. The molecule has 0 spiro atoms. The molecule has 9 aromatic carbocycles. The Hall–Kier alpha value is -8.08. The van der Waals surface area contributed by atoms with Crippen molar-refractivity contribution in [3.05, 3.63) is 228 Å². The van der Waals surface area contributed by atoms with E-state index in [4.69, 9.17) is 0 Å². The van der Waals surface area contributed by atoms with Crippen LogP contribution in [0.3, 0.4) is 0 Å². The number of amides is 2. The Kier molecular flexibility index (Phi) is 9.32. The molecule has 0 saturated carbocycles. The lowest BCUT2D eigenvalue weighted by Crippen LogP contribution is -2.30. The smallest absolute Gasteiger partial charge is 0.268 e. The number of aryl methyl sites for hydroxylation is 4. The maximum absolute atomic E-state index is 15.9. The Balaban J connectivity index is 1.22. The molecule has 0 aliphatic carbocycles. The van der Waals surface area contributed by atoms with Crippen LogP contribution in [0.25, 0.3) is 83.1 Å². The van der Waals surface area contributed by atoms with Crippen LogP contribution < -0.4 is 4.90 Å². The molecular weight excluding hydrogens is 781 g/mol. The topological polar surface area (TPSA) is 42.3 Å². The Bertz CT molecular complexity index is 3340. The van der Waals surface area contributed by atoms with E-state index in [1.165, 1.54) is 16.0 Å². The SMILES string of the molecule is Cc1ccc(-c2cccc3c4cccc(-c5ccc(C)cc5C)c4n(-c4cccc5c4C(=O)N(c4c(-c6ccccc6)cc(-c6ccccc6)cc4-c4ccccc4)C5=O)c23)c(C)c1. The van der Waals surface area contributed by atoms with Crippen molar-refractivity contribution in [2.24, 2.45) is 0 Å². The highest BCUT2D eigenvalue weighted by atomic mass is 16.2. The molecule has 1 aliphatic heterocycles. The van der Waals surface area contributed by atoms with Crippen LogP contribution in [0, 0.1) is 27.7 Å². The number of benzene rings is 9. The minimum atomic E-state index is -0.361. The van der Waals surface area contributed by atoms with Crippen LogP contribution in [-0.2, 0) is 0 Å². The van der Waals surface area contributed by atoms with Gasteiger partial charge in [0.25, 0.3) is 11.8 Å². The minimum Gasteiger partial charge on any atom is -0.307 e. The molecule has 1 aliphatic rings. The van der Waals surface area contributed by atoms with Crippen LogP contribution in [0.15, 0.2) is 194 Å². The number of carbonyl (C=O) groups excluding carboxylic acids is 2. The van der Waals surface area contributed by atoms with Gasteiger partial charge in [-0.2, -0.15) is 0 Å². The van der Waals surface area contributed by atoms with Gasteiger partial charge in [-0.3, -0.25) is 9.59 Å². The van der Waals surface area contributed by atoms with Crippen LogP contribution in [0.5, 0.6) is 0 Å². The fourth-order valence-corrected chi connectivity index (χ4v) is 10.0. The summed E-state index contributed by atoms with van der Waals surface area (Å²) >= 11 is 0. The molecule has 0 radical (unpaired) electrons. The molecule has 2 heterocycles. The van der Waals surface area contributed by atoms with E-state index in [1.54, 1.807) is 0 Å². The monoisotopic (exact) mass is 824 g/mol. The number of anilines is 1. The lowest BCUT2D eigenvalue weighted by atomic mass is 9.90. The fraction of sp³-hybridized carbons (Fsp3) is 0.0667. The van der Waals surface area contributed by atoms with E-state index < -0.39 is 0 Å². The van der Waals surface area contributed by atoms with Gasteiger partial charge in [-0.1, -0.05) is 181 Å². The average Bonchev–Trinajstić information content (AvgIpc) is 3.80. The summed E-state index contributed by atoms with van der Waals surface area (Å²) in [6, 6.07) is 66.6. The molecule has 11 rings (SSSR count). The Morgan fingerprint density at radius 3 is 1.28 bits per heavy atom. The minimum absolute atomic E-state index is 0.353. The van der Waals surface area contributed by atoms with Crippen LogP contribution in [0.2, 0.25) is 0 Å². The first-order valence-corrected chi connectivity index (χ1v) is 21.8. The summed E-state index contributed by atoms with van der Waals surface area (Å²) in [6.45, 7) is 8.56. The number of imide groups is 1. The summed E-state index contributed by atoms with van der Waals surface area (Å²) in [4.78, 5) is 32.7. The van der Waals surface area contributed by atoms with Gasteiger partial charge in [-0.25, -0.2) is 4.90 Å². The molecule has 0 N–H and O–H groups in total. The van der Waals surface area contributed by atoms with Gasteiger partial charge in [0.2, 0.25) is 0 Å². The Labute approximate surface area is 373 Å². The second kappa shape index (κ2) is 15.4. The van der Waals surface area contributed by atoms with E-state index >= 15 is 9.59 Å². The van der Waals surface area contributed by atoms with Crippen LogP contribution >= 0.6 is 0 Å². The van der Waals surface area contributed by atoms with Crippen LogP contribution in [0.1, 0.15) is 43.0 Å². The van der Waals surface area contributed by atoms with Crippen molar-refractivity contribution >= 4 is 39.3 Å². The van der Waals surface area contributed by atoms with Crippen molar-refractivity contribution in [3.63, 3.8) is 0 Å². The lowest BCUT2D eigenvalue weighted by molar-refractivity contribution is 0.0926. The third-order valence-corrected chi connectivity index (χ3v) is 12.9. The van der Waals surface area contributed by atoms with Gasteiger partial charge in [0.1, 0.15) is 0 Å². The number of hydrogen-bond donors (Lipinski definition) is 0. The van der Waals surface area contributed by atoms with Crippen molar-refractivity contribution in [1.82, 2.24) is 4.57 Å². The van der Waals surface area contributed by atoms with E-state index in [-0.39, 0.29) is 11.8 Å². The molecule has 0 unspecified atom stereocenters. The zero-order valence-electron chi connectivity index (χ0n) is 36.2. The van der Waals surface area contributed by atoms with Crippen molar-refractivity contribution in [3.8, 4) is 61.3 Å². The van der Waals surface area contributed by atoms with E-state index in [0.29, 0.717) is 22.5 Å². The summed E-state index contributed by atoms with van der Waals surface area (Å²) < 4.78 is 2.27. The summed E-state index contributed by atoms with van der Waals surface area (Å²) in [7, 11) is 0. The largest absolute Gasteiger partial charge is 0.307 e. The molecule has 10 aromatic rings. The third-order valence-electron chi connectivity index (χ3n) is 12.9. The second-order valence-electron chi connectivity index (χ2n) is 17.0. The first-order chi connectivity index (χ1) is 31.3. The Morgan fingerprint density at radius 2 is 0.797 bits per heavy atom. The third kappa shape index (κ3) is 6.21.